The van der Waals surface area contributed by atoms with E-state index in [-0.39, 0.29) is 30.6 Å². The van der Waals surface area contributed by atoms with Crippen molar-refractivity contribution in [2.24, 2.45) is 5.92 Å². The number of hydrogen-bond acceptors (Lipinski definition) is 3. The predicted octanol–water partition coefficient (Wildman–Crippen LogP) is 0.917. The lowest BCUT2D eigenvalue weighted by Crippen LogP contribution is -2.32. The third-order valence-electron chi connectivity index (χ3n) is 2.15. The van der Waals surface area contributed by atoms with Gasteiger partial charge in [-0.3, -0.25) is 19.3 Å². The first kappa shape index (κ1) is 11.6. The molecule has 0 unspecified atom stereocenters. The van der Waals surface area contributed by atoms with Gasteiger partial charge in [-0.05, 0) is 5.92 Å². The van der Waals surface area contributed by atoms with Gasteiger partial charge in [0.05, 0.1) is 0 Å². The molecule has 0 aromatic carbocycles. The monoisotopic (exact) mass is 209 g/mol. The smallest absolute Gasteiger partial charge is 0.253 e. The fraction of sp³-hybridized carbons (Fsp3) is 0.545. The van der Waals surface area contributed by atoms with Gasteiger partial charge in [0.25, 0.3) is 11.8 Å². The third kappa shape index (κ3) is 3.31. The molecular weight excluding hydrogens is 194 g/mol. The average Bonchev–Trinajstić information content (AvgIpc) is 2.42. The molecular formula is C11H15NO3. The molecule has 2 amide bonds. The Morgan fingerprint density at radius 1 is 1.27 bits per heavy atom. The van der Waals surface area contributed by atoms with E-state index in [4.69, 9.17) is 0 Å². The Morgan fingerprint density at radius 2 is 1.80 bits per heavy atom. The molecule has 4 nitrogen and oxygen atoms in total. The van der Waals surface area contributed by atoms with Crippen LogP contribution in [0.3, 0.4) is 0 Å². The maximum Gasteiger partial charge on any atom is 0.253 e. The molecule has 0 saturated heterocycles. The summed E-state index contributed by atoms with van der Waals surface area (Å²) in [6, 6.07) is 0. The molecule has 0 radical (unpaired) electrons. The highest BCUT2D eigenvalue weighted by Crippen LogP contribution is 2.07. The van der Waals surface area contributed by atoms with E-state index in [2.05, 4.69) is 0 Å². The maximum absolute atomic E-state index is 11.4. The van der Waals surface area contributed by atoms with Gasteiger partial charge in [0.2, 0.25) is 0 Å². The lowest BCUT2D eigenvalue weighted by atomic mass is 10.1. The molecule has 0 fully saturated rings. The predicted molar refractivity (Wildman–Crippen MR) is 54.9 cm³/mol. The Balaban J connectivity index is 2.35. The van der Waals surface area contributed by atoms with Crippen molar-refractivity contribution in [3.63, 3.8) is 0 Å². The van der Waals surface area contributed by atoms with Crippen LogP contribution < -0.4 is 0 Å². The number of Topliss-reactive ketones (excluding diaryl/α,β-unsaturated/α-hetero) is 1. The van der Waals surface area contributed by atoms with E-state index in [1.165, 1.54) is 12.2 Å². The van der Waals surface area contributed by atoms with Gasteiger partial charge in [-0.1, -0.05) is 13.8 Å². The Morgan fingerprint density at radius 3 is 2.27 bits per heavy atom. The molecule has 1 heterocycles. The average molecular weight is 209 g/mol. The van der Waals surface area contributed by atoms with Crippen molar-refractivity contribution in [1.82, 2.24) is 4.90 Å². The van der Waals surface area contributed by atoms with E-state index >= 15 is 0 Å². The second kappa shape index (κ2) is 4.87. The molecule has 1 rings (SSSR count). The summed E-state index contributed by atoms with van der Waals surface area (Å²) in [6.07, 6.45) is 3.23. The van der Waals surface area contributed by atoms with Crippen LogP contribution in [0.4, 0.5) is 0 Å². The summed E-state index contributed by atoms with van der Waals surface area (Å²) in [4.78, 5) is 34.7. The maximum atomic E-state index is 11.4. The molecule has 0 aromatic heterocycles. The molecule has 0 bridgehead atoms. The Hall–Kier alpha value is -1.45. The molecule has 82 valence electrons. The summed E-state index contributed by atoms with van der Waals surface area (Å²) >= 11 is 0. The molecule has 0 spiro atoms. The highest BCUT2D eigenvalue weighted by atomic mass is 16.2. The summed E-state index contributed by atoms with van der Waals surface area (Å²) in [6.45, 7) is 4.13. The van der Waals surface area contributed by atoms with Crippen LogP contribution in [-0.2, 0) is 14.4 Å². The number of amides is 2. The first-order valence-electron chi connectivity index (χ1n) is 5.06. The van der Waals surface area contributed by atoms with Crippen LogP contribution in [0.2, 0.25) is 0 Å². The SMILES string of the molecule is CC(C)CC(=O)CCN1C(=O)C=CC1=O. The van der Waals surface area contributed by atoms with Gasteiger partial charge in [-0.25, -0.2) is 0 Å². The highest BCUT2D eigenvalue weighted by Gasteiger charge is 2.23. The van der Waals surface area contributed by atoms with Crippen LogP contribution in [-0.4, -0.2) is 29.0 Å². The van der Waals surface area contributed by atoms with Crippen molar-refractivity contribution in [2.75, 3.05) is 6.54 Å². The zero-order valence-electron chi connectivity index (χ0n) is 9.03. The number of hydrogen-bond donors (Lipinski definition) is 0. The van der Waals surface area contributed by atoms with Crippen LogP contribution >= 0.6 is 0 Å². The van der Waals surface area contributed by atoms with Crippen molar-refractivity contribution < 1.29 is 14.4 Å². The van der Waals surface area contributed by atoms with Crippen molar-refractivity contribution in [3.05, 3.63) is 12.2 Å². The van der Waals surface area contributed by atoms with Gasteiger partial charge in [0, 0.05) is 31.5 Å². The zero-order chi connectivity index (χ0) is 11.4. The molecule has 0 atom stereocenters. The number of rotatable bonds is 5. The number of imide groups is 1. The quantitative estimate of drug-likeness (QED) is 0.632. The third-order valence-corrected chi connectivity index (χ3v) is 2.15. The van der Waals surface area contributed by atoms with Gasteiger partial charge in [0.1, 0.15) is 5.78 Å². The van der Waals surface area contributed by atoms with E-state index < -0.39 is 0 Å². The molecule has 4 heteroatoms. The molecule has 0 aliphatic carbocycles. The topological polar surface area (TPSA) is 54.5 Å². The summed E-state index contributed by atoms with van der Waals surface area (Å²) < 4.78 is 0. The van der Waals surface area contributed by atoms with Gasteiger partial charge in [-0.15, -0.1) is 0 Å². The molecule has 0 saturated carbocycles. The van der Waals surface area contributed by atoms with E-state index in [0.717, 1.165) is 4.90 Å². The standard InChI is InChI=1S/C11H15NO3/c1-8(2)7-9(13)5-6-12-10(14)3-4-11(12)15/h3-4,8H,5-7H2,1-2H3. The minimum absolute atomic E-state index is 0.0949. The Bertz CT molecular complexity index is 300. The minimum atomic E-state index is -0.322. The molecule has 1 aliphatic heterocycles. The highest BCUT2D eigenvalue weighted by molar-refractivity contribution is 6.13. The lowest BCUT2D eigenvalue weighted by molar-refractivity contribution is -0.137. The fourth-order valence-corrected chi connectivity index (χ4v) is 1.45. The van der Waals surface area contributed by atoms with Gasteiger partial charge in [0.15, 0.2) is 0 Å². The van der Waals surface area contributed by atoms with Crippen molar-refractivity contribution in [2.45, 2.75) is 26.7 Å². The zero-order valence-corrected chi connectivity index (χ0v) is 9.03. The molecule has 0 aromatic rings. The van der Waals surface area contributed by atoms with Crippen molar-refractivity contribution in [1.29, 1.82) is 0 Å². The van der Waals surface area contributed by atoms with E-state index in [0.29, 0.717) is 12.3 Å². The van der Waals surface area contributed by atoms with Gasteiger partial charge in [-0.2, -0.15) is 0 Å². The number of ketones is 1. The lowest BCUT2D eigenvalue weighted by Gasteiger charge is -2.13. The van der Waals surface area contributed by atoms with Crippen LogP contribution in [0.15, 0.2) is 12.2 Å². The second-order valence-electron chi connectivity index (χ2n) is 4.05. The minimum Gasteiger partial charge on any atom is -0.300 e. The summed E-state index contributed by atoms with van der Waals surface area (Å²) in [5, 5.41) is 0. The van der Waals surface area contributed by atoms with Crippen LogP contribution in [0.5, 0.6) is 0 Å². The second-order valence-corrected chi connectivity index (χ2v) is 4.05. The summed E-state index contributed by atoms with van der Waals surface area (Å²) in [7, 11) is 0. The van der Waals surface area contributed by atoms with E-state index in [1.807, 2.05) is 13.8 Å². The van der Waals surface area contributed by atoms with Gasteiger partial charge >= 0.3 is 0 Å². The number of carbonyl (C=O) groups excluding carboxylic acids is 3. The summed E-state index contributed by atoms with van der Waals surface area (Å²) in [5.41, 5.74) is 0. The largest absolute Gasteiger partial charge is 0.300 e. The van der Waals surface area contributed by atoms with Crippen molar-refractivity contribution >= 4 is 17.6 Å². The molecule has 0 N–H and O–H groups in total. The van der Waals surface area contributed by atoms with E-state index in [9.17, 15) is 14.4 Å². The summed E-state index contributed by atoms with van der Waals surface area (Å²) in [5.74, 6) is -0.229. The van der Waals surface area contributed by atoms with Crippen LogP contribution in [0.1, 0.15) is 26.7 Å². The molecule has 15 heavy (non-hydrogen) atoms. The van der Waals surface area contributed by atoms with Crippen LogP contribution in [0.25, 0.3) is 0 Å². The van der Waals surface area contributed by atoms with Gasteiger partial charge < -0.3 is 0 Å². The Kier molecular flexibility index (Phi) is 3.77. The molecule has 1 aliphatic rings. The first-order valence-corrected chi connectivity index (χ1v) is 5.06. The number of nitrogens with zero attached hydrogens (tertiary/aromatic N) is 1. The normalized spacial score (nSPS) is 15.5. The number of carbonyl (C=O) groups is 3. The first-order chi connectivity index (χ1) is 7.00. The Labute approximate surface area is 88.9 Å². The van der Waals surface area contributed by atoms with E-state index in [1.54, 1.807) is 0 Å². The van der Waals surface area contributed by atoms with Crippen LogP contribution in [0, 0.1) is 5.92 Å². The fourth-order valence-electron chi connectivity index (χ4n) is 1.45. The van der Waals surface area contributed by atoms with Crippen molar-refractivity contribution in [3.8, 4) is 0 Å².